The Labute approximate surface area is 155 Å². The summed E-state index contributed by atoms with van der Waals surface area (Å²) >= 11 is 1.82. The van der Waals surface area contributed by atoms with Crippen molar-refractivity contribution in [1.29, 1.82) is 0 Å². The average Bonchev–Trinajstić information content (AvgIpc) is 2.98. The van der Waals surface area contributed by atoms with Crippen LogP contribution in [0.4, 0.5) is 0 Å². The Morgan fingerprint density at radius 3 is 2.68 bits per heavy atom. The first-order chi connectivity index (χ1) is 10.1. The SMILES string of the molecule is COCCNC(=NCC(C)(C)SC)NCCc1ccco1.I. The van der Waals surface area contributed by atoms with Gasteiger partial charge in [0.05, 0.1) is 19.4 Å². The number of rotatable bonds is 9. The Balaban J connectivity index is 0.00000441. The first-order valence-electron chi connectivity index (χ1n) is 7.16. The van der Waals surface area contributed by atoms with Crippen molar-refractivity contribution in [3.63, 3.8) is 0 Å². The van der Waals surface area contributed by atoms with Crippen LogP contribution in [0.1, 0.15) is 19.6 Å². The molecule has 0 radical (unpaired) electrons. The molecule has 0 spiro atoms. The summed E-state index contributed by atoms with van der Waals surface area (Å²) in [5, 5.41) is 6.60. The Morgan fingerprint density at radius 2 is 2.09 bits per heavy atom. The molecule has 0 amide bonds. The normalized spacial score (nSPS) is 11.9. The zero-order chi connectivity index (χ0) is 15.6. The van der Waals surface area contributed by atoms with Gasteiger partial charge in [0.25, 0.3) is 0 Å². The molecule has 1 aromatic heterocycles. The van der Waals surface area contributed by atoms with Gasteiger partial charge in [0.1, 0.15) is 5.76 Å². The molecule has 1 rings (SSSR count). The maximum Gasteiger partial charge on any atom is 0.191 e. The van der Waals surface area contributed by atoms with Gasteiger partial charge in [0.2, 0.25) is 0 Å². The fraction of sp³-hybridized carbons (Fsp3) is 0.667. The number of hydrogen-bond acceptors (Lipinski definition) is 4. The lowest BCUT2D eigenvalue weighted by molar-refractivity contribution is 0.203. The molecule has 0 bridgehead atoms. The van der Waals surface area contributed by atoms with Crippen LogP contribution in [0.2, 0.25) is 0 Å². The van der Waals surface area contributed by atoms with Gasteiger partial charge in [0, 0.05) is 31.4 Å². The minimum atomic E-state index is 0. The van der Waals surface area contributed by atoms with Crippen molar-refractivity contribution in [2.45, 2.75) is 25.0 Å². The van der Waals surface area contributed by atoms with Gasteiger partial charge in [-0.2, -0.15) is 11.8 Å². The van der Waals surface area contributed by atoms with Gasteiger partial charge in [-0.3, -0.25) is 4.99 Å². The number of nitrogens with one attached hydrogen (secondary N) is 2. The maximum atomic E-state index is 5.32. The molecular weight excluding hydrogens is 413 g/mol. The molecule has 128 valence electrons. The summed E-state index contributed by atoms with van der Waals surface area (Å²) in [6.07, 6.45) is 4.64. The molecule has 0 aliphatic heterocycles. The van der Waals surface area contributed by atoms with Crippen LogP contribution in [0.15, 0.2) is 27.8 Å². The van der Waals surface area contributed by atoms with Crippen LogP contribution in [0.25, 0.3) is 0 Å². The summed E-state index contributed by atoms with van der Waals surface area (Å²) in [6.45, 7) is 7.32. The van der Waals surface area contributed by atoms with Crippen LogP contribution in [-0.4, -0.2) is 50.3 Å². The summed E-state index contributed by atoms with van der Waals surface area (Å²) in [5.74, 6) is 1.80. The molecule has 0 aliphatic rings. The minimum Gasteiger partial charge on any atom is -0.469 e. The van der Waals surface area contributed by atoms with Crippen LogP contribution < -0.4 is 10.6 Å². The Hall–Kier alpha value is -0.410. The van der Waals surface area contributed by atoms with E-state index in [1.54, 1.807) is 13.4 Å². The lowest BCUT2D eigenvalue weighted by Crippen LogP contribution is -2.40. The molecule has 0 aromatic carbocycles. The lowest BCUT2D eigenvalue weighted by Gasteiger charge is -2.20. The molecule has 1 aromatic rings. The molecule has 0 saturated heterocycles. The zero-order valence-electron chi connectivity index (χ0n) is 13.8. The molecule has 5 nitrogen and oxygen atoms in total. The van der Waals surface area contributed by atoms with Crippen molar-refractivity contribution in [3.05, 3.63) is 24.2 Å². The van der Waals surface area contributed by atoms with Crippen molar-refractivity contribution in [1.82, 2.24) is 10.6 Å². The topological polar surface area (TPSA) is 58.8 Å². The largest absolute Gasteiger partial charge is 0.469 e. The third-order valence-corrected chi connectivity index (χ3v) is 4.25. The second kappa shape index (κ2) is 12.1. The van der Waals surface area contributed by atoms with Crippen LogP contribution in [0.5, 0.6) is 0 Å². The van der Waals surface area contributed by atoms with Gasteiger partial charge in [-0.1, -0.05) is 0 Å². The van der Waals surface area contributed by atoms with Gasteiger partial charge in [-0.25, -0.2) is 0 Å². The molecule has 0 saturated carbocycles. The van der Waals surface area contributed by atoms with Crippen LogP contribution in [0.3, 0.4) is 0 Å². The van der Waals surface area contributed by atoms with Crippen LogP contribution in [0, 0.1) is 0 Å². The van der Waals surface area contributed by atoms with Crippen molar-refractivity contribution in [2.75, 3.05) is 39.6 Å². The summed E-state index contributed by atoms with van der Waals surface area (Å²) in [6, 6.07) is 3.88. The van der Waals surface area contributed by atoms with E-state index in [4.69, 9.17) is 9.15 Å². The quantitative estimate of drug-likeness (QED) is 0.267. The molecule has 0 unspecified atom stereocenters. The van der Waals surface area contributed by atoms with Crippen LogP contribution in [-0.2, 0) is 11.2 Å². The van der Waals surface area contributed by atoms with E-state index in [1.165, 1.54) is 0 Å². The van der Waals surface area contributed by atoms with Crippen molar-refractivity contribution < 1.29 is 9.15 Å². The summed E-state index contributed by atoms with van der Waals surface area (Å²) in [4.78, 5) is 4.64. The first-order valence-corrected chi connectivity index (χ1v) is 8.38. The molecule has 2 N–H and O–H groups in total. The summed E-state index contributed by atoms with van der Waals surface area (Å²) in [7, 11) is 1.69. The number of ether oxygens (including phenoxy) is 1. The molecule has 0 fully saturated rings. The number of aliphatic imine (C=N–C) groups is 1. The Morgan fingerprint density at radius 1 is 1.36 bits per heavy atom. The Kier molecular flexibility index (Phi) is 11.8. The third-order valence-electron chi connectivity index (χ3n) is 3.01. The van der Waals surface area contributed by atoms with E-state index in [0.29, 0.717) is 6.61 Å². The zero-order valence-corrected chi connectivity index (χ0v) is 17.0. The van der Waals surface area contributed by atoms with Gasteiger partial charge >= 0.3 is 0 Å². The summed E-state index contributed by atoms with van der Waals surface area (Å²) in [5.41, 5.74) is 0. The van der Waals surface area contributed by atoms with Gasteiger partial charge < -0.3 is 19.8 Å². The average molecular weight is 441 g/mol. The van der Waals surface area contributed by atoms with E-state index in [9.17, 15) is 0 Å². The van der Waals surface area contributed by atoms with Crippen molar-refractivity contribution >= 4 is 41.7 Å². The number of thioether (sulfide) groups is 1. The van der Waals surface area contributed by atoms with Gasteiger partial charge in [-0.15, -0.1) is 24.0 Å². The van der Waals surface area contributed by atoms with E-state index in [0.717, 1.165) is 37.8 Å². The highest BCUT2D eigenvalue weighted by Gasteiger charge is 2.15. The lowest BCUT2D eigenvalue weighted by atomic mass is 10.2. The third kappa shape index (κ3) is 9.58. The fourth-order valence-corrected chi connectivity index (χ4v) is 1.73. The number of furan rings is 1. The van der Waals surface area contributed by atoms with Crippen molar-refractivity contribution in [3.8, 4) is 0 Å². The monoisotopic (exact) mass is 441 g/mol. The molecule has 22 heavy (non-hydrogen) atoms. The van der Waals surface area contributed by atoms with Gasteiger partial charge in [0.15, 0.2) is 5.96 Å². The van der Waals surface area contributed by atoms with Crippen LogP contribution >= 0.6 is 35.7 Å². The standard InChI is InChI=1S/C15H27N3O2S.HI/c1-15(2,21-4)12-18-14(17-9-11-19-3)16-8-7-13-6-5-10-20-13;/h5-6,10H,7-9,11-12H2,1-4H3,(H2,16,17,18);1H. The molecule has 7 heteroatoms. The molecule has 1 heterocycles. The molecule has 0 atom stereocenters. The summed E-state index contributed by atoms with van der Waals surface area (Å²) < 4.78 is 10.5. The smallest absolute Gasteiger partial charge is 0.191 e. The van der Waals surface area contributed by atoms with E-state index < -0.39 is 0 Å². The number of hydrogen-bond donors (Lipinski definition) is 2. The first kappa shape index (κ1) is 21.6. The Bertz CT molecular complexity index is 411. The predicted octanol–water partition coefficient (Wildman–Crippen LogP) is 2.76. The second-order valence-electron chi connectivity index (χ2n) is 5.30. The van der Waals surface area contributed by atoms with E-state index >= 15 is 0 Å². The highest BCUT2D eigenvalue weighted by Crippen LogP contribution is 2.20. The number of methoxy groups -OCH3 is 1. The predicted molar refractivity (Wildman–Crippen MR) is 106 cm³/mol. The van der Waals surface area contributed by atoms with Gasteiger partial charge in [-0.05, 0) is 32.2 Å². The van der Waals surface area contributed by atoms with E-state index in [1.807, 2.05) is 23.9 Å². The number of guanidine groups is 1. The second-order valence-corrected chi connectivity index (χ2v) is 6.82. The molecular formula is C15H28IN3O2S. The van der Waals surface area contributed by atoms with E-state index in [2.05, 4.69) is 35.7 Å². The van der Waals surface area contributed by atoms with Crippen molar-refractivity contribution in [2.24, 2.45) is 4.99 Å². The maximum absolute atomic E-state index is 5.32. The van der Waals surface area contributed by atoms with E-state index in [-0.39, 0.29) is 28.7 Å². The fourth-order valence-electron chi connectivity index (χ4n) is 1.54. The number of halogens is 1. The molecule has 0 aliphatic carbocycles. The number of nitrogens with zero attached hydrogens (tertiary/aromatic N) is 1. The minimum absolute atomic E-state index is 0. The highest BCUT2D eigenvalue weighted by atomic mass is 127. The highest BCUT2D eigenvalue weighted by molar-refractivity contribution is 14.0.